The lowest BCUT2D eigenvalue weighted by atomic mass is 9.83. The summed E-state index contributed by atoms with van der Waals surface area (Å²) in [5.74, 6) is -0.188. The van der Waals surface area contributed by atoms with Crippen LogP contribution in [0, 0.1) is 5.92 Å². The van der Waals surface area contributed by atoms with Crippen LogP contribution in [0.5, 0.6) is 0 Å². The van der Waals surface area contributed by atoms with Gasteiger partial charge in [-0.2, -0.15) is 0 Å². The minimum atomic E-state index is -0.572. The standard InChI is InChI=1S/C11H22O4Si/c1-12-10(16)11(13-2,14-3)7-4-5-8-9(6-7)15-8/h7-10H,4-6H2,1-3,16H3. The van der Waals surface area contributed by atoms with Gasteiger partial charge < -0.3 is 18.9 Å². The summed E-state index contributed by atoms with van der Waals surface area (Å²) in [6, 6.07) is 0. The van der Waals surface area contributed by atoms with Crippen molar-refractivity contribution in [3.63, 3.8) is 0 Å². The Morgan fingerprint density at radius 1 is 1.19 bits per heavy atom. The molecule has 0 spiro atoms. The van der Waals surface area contributed by atoms with Crippen LogP contribution >= 0.6 is 0 Å². The van der Waals surface area contributed by atoms with E-state index in [1.54, 1.807) is 21.3 Å². The Kier molecular flexibility index (Phi) is 3.71. The van der Waals surface area contributed by atoms with Crippen molar-refractivity contribution in [3.05, 3.63) is 0 Å². The first-order valence-electron chi connectivity index (χ1n) is 5.96. The number of ether oxygens (including phenoxy) is 4. The summed E-state index contributed by atoms with van der Waals surface area (Å²) in [6.45, 7) is 0. The summed E-state index contributed by atoms with van der Waals surface area (Å²) in [7, 11) is 6.05. The van der Waals surface area contributed by atoms with Crippen LogP contribution < -0.4 is 0 Å². The summed E-state index contributed by atoms with van der Waals surface area (Å²) in [6.07, 6.45) is 4.22. The molecule has 2 rings (SSSR count). The van der Waals surface area contributed by atoms with Crippen LogP contribution in [0.1, 0.15) is 19.3 Å². The van der Waals surface area contributed by atoms with Crippen molar-refractivity contribution in [3.8, 4) is 0 Å². The van der Waals surface area contributed by atoms with Gasteiger partial charge in [0.15, 0.2) is 5.79 Å². The van der Waals surface area contributed by atoms with Crippen molar-refractivity contribution >= 4 is 10.2 Å². The molecule has 1 heterocycles. The highest BCUT2D eigenvalue weighted by atomic mass is 28.1. The van der Waals surface area contributed by atoms with E-state index in [9.17, 15) is 0 Å². The molecular formula is C11H22O4Si. The molecule has 5 heteroatoms. The Morgan fingerprint density at radius 2 is 1.88 bits per heavy atom. The van der Waals surface area contributed by atoms with Crippen molar-refractivity contribution in [1.82, 2.24) is 0 Å². The molecule has 0 aromatic rings. The van der Waals surface area contributed by atoms with Gasteiger partial charge in [0, 0.05) is 37.5 Å². The van der Waals surface area contributed by atoms with Crippen LogP contribution in [0.25, 0.3) is 0 Å². The lowest BCUT2D eigenvalue weighted by molar-refractivity contribution is -0.277. The molecule has 94 valence electrons. The van der Waals surface area contributed by atoms with Gasteiger partial charge in [-0.25, -0.2) is 0 Å². The fourth-order valence-corrected chi connectivity index (χ4v) is 3.96. The zero-order valence-electron chi connectivity index (χ0n) is 10.6. The molecule has 4 atom stereocenters. The molecule has 1 saturated heterocycles. The molecule has 0 bridgehead atoms. The monoisotopic (exact) mass is 246 g/mol. The van der Waals surface area contributed by atoms with Gasteiger partial charge in [-0.15, -0.1) is 0 Å². The number of methoxy groups -OCH3 is 3. The third-order valence-corrected chi connectivity index (χ3v) is 5.41. The zero-order valence-corrected chi connectivity index (χ0v) is 12.6. The highest BCUT2D eigenvalue weighted by Crippen LogP contribution is 2.45. The van der Waals surface area contributed by atoms with E-state index in [2.05, 4.69) is 0 Å². The summed E-state index contributed by atoms with van der Waals surface area (Å²) >= 11 is 0. The molecular weight excluding hydrogens is 224 g/mol. The summed E-state index contributed by atoms with van der Waals surface area (Å²) < 4.78 is 22.4. The molecule has 4 unspecified atom stereocenters. The topological polar surface area (TPSA) is 40.2 Å². The number of epoxide rings is 1. The lowest BCUT2D eigenvalue weighted by Crippen LogP contribution is -2.54. The summed E-state index contributed by atoms with van der Waals surface area (Å²) in [5, 5.41) is 0. The van der Waals surface area contributed by atoms with E-state index >= 15 is 0 Å². The molecule has 0 N–H and O–H groups in total. The number of hydrogen-bond donors (Lipinski definition) is 0. The second-order valence-electron chi connectivity index (χ2n) is 4.73. The van der Waals surface area contributed by atoms with E-state index in [-0.39, 0.29) is 5.73 Å². The Labute approximate surface area is 100 Å². The smallest absolute Gasteiger partial charge is 0.192 e. The van der Waals surface area contributed by atoms with E-state index < -0.39 is 5.79 Å². The molecule has 1 aliphatic heterocycles. The van der Waals surface area contributed by atoms with Gasteiger partial charge in [0.1, 0.15) is 0 Å². The maximum Gasteiger partial charge on any atom is 0.192 e. The predicted octanol–water partition coefficient (Wildman–Crippen LogP) is -0.119. The third-order valence-electron chi connectivity index (χ3n) is 4.13. The molecule has 16 heavy (non-hydrogen) atoms. The first-order chi connectivity index (χ1) is 7.67. The normalized spacial score (nSPS) is 35.8. The van der Waals surface area contributed by atoms with Crippen molar-refractivity contribution < 1.29 is 18.9 Å². The van der Waals surface area contributed by atoms with Crippen LogP contribution in [0.2, 0.25) is 0 Å². The average molecular weight is 246 g/mol. The van der Waals surface area contributed by atoms with Gasteiger partial charge in [0.25, 0.3) is 0 Å². The largest absolute Gasteiger partial charge is 0.380 e. The number of rotatable bonds is 5. The molecule has 1 aliphatic carbocycles. The van der Waals surface area contributed by atoms with Crippen molar-refractivity contribution in [2.75, 3.05) is 21.3 Å². The predicted molar refractivity (Wildman–Crippen MR) is 63.5 cm³/mol. The fourth-order valence-electron chi connectivity index (χ4n) is 3.01. The molecule has 0 aromatic carbocycles. The highest BCUT2D eigenvalue weighted by Gasteiger charge is 2.53. The number of hydrogen-bond acceptors (Lipinski definition) is 4. The van der Waals surface area contributed by atoms with Gasteiger partial charge in [-0.3, -0.25) is 0 Å². The quantitative estimate of drug-likeness (QED) is 0.385. The third kappa shape index (κ3) is 1.95. The zero-order chi connectivity index (χ0) is 11.8. The molecule has 2 aliphatic rings. The van der Waals surface area contributed by atoms with Gasteiger partial charge in [0.2, 0.25) is 0 Å². The van der Waals surface area contributed by atoms with Crippen molar-refractivity contribution in [1.29, 1.82) is 0 Å². The van der Waals surface area contributed by atoms with Crippen molar-refractivity contribution in [2.24, 2.45) is 5.92 Å². The van der Waals surface area contributed by atoms with Crippen LogP contribution in [0.3, 0.4) is 0 Å². The van der Waals surface area contributed by atoms with E-state index in [1.165, 1.54) is 0 Å². The minimum Gasteiger partial charge on any atom is -0.380 e. The highest BCUT2D eigenvalue weighted by molar-refractivity contribution is 6.11. The van der Waals surface area contributed by atoms with Gasteiger partial charge in [0.05, 0.1) is 17.9 Å². The Balaban J connectivity index is 2.10. The van der Waals surface area contributed by atoms with E-state index in [0.29, 0.717) is 18.1 Å². The molecule has 4 nitrogen and oxygen atoms in total. The van der Waals surface area contributed by atoms with E-state index in [1.807, 2.05) is 0 Å². The SMILES string of the molecule is COC([SiH3])C(OC)(OC)C1CCC2OC2C1. The van der Waals surface area contributed by atoms with Crippen LogP contribution in [-0.4, -0.2) is 55.3 Å². The lowest BCUT2D eigenvalue weighted by Gasteiger charge is -2.42. The molecule has 0 radical (unpaired) electrons. The second kappa shape index (κ2) is 4.74. The maximum atomic E-state index is 5.68. The Morgan fingerprint density at radius 3 is 2.38 bits per heavy atom. The van der Waals surface area contributed by atoms with Crippen LogP contribution in [0.4, 0.5) is 0 Å². The van der Waals surface area contributed by atoms with Gasteiger partial charge >= 0.3 is 0 Å². The van der Waals surface area contributed by atoms with E-state index in [4.69, 9.17) is 18.9 Å². The molecule has 0 aromatic heterocycles. The van der Waals surface area contributed by atoms with Gasteiger partial charge in [-0.05, 0) is 19.3 Å². The average Bonchev–Trinajstić information content (AvgIpc) is 3.09. The van der Waals surface area contributed by atoms with Crippen LogP contribution in [0.15, 0.2) is 0 Å². The molecule has 1 saturated carbocycles. The maximum absolute atomic E-state index is 5.68. The first-order valence-corrected chi connectivity index (χ1v) is 7.12. The first kappa shape index (κ1) is 12.5. The molecule has 0 amide bonds. The van der Waals surface area contributed by atoms with Crippen LogP contribution in [-0.2, 0) is 18.9 Å². The number of fused-ring (bicyclic) bond motifs is 1. The molecule has 2 fully saturated rings. The second-order valence-corrected chi connectivity index (χ2v) is 5.78. The fraction of sp³-hybridized carbons (Fsp3) is 1.00. The van der Waals surface area contributed by atoms with Crippen molar-refractivity contribution in [2.45, 2.75) is 43.0 Å². The summed E-state index contributed by atoms with van der Waals surface area (Å²) in [4.78, 5) is 0. The minimum absolute atomic E-state index is 0.0581. The van der Waals surface area contributed by atoms with E-state index in [0.717, 1.165) is 29.5 Å². The Hall–Kier alpha value is 0.0569. The summed E-state index contributed by atoms with van der Waals surface area (Å²) in [5.41, 5.74) is 0.0581. The Bertz CT molecular complexity index is 244. The van der Waals surface area contributed by atoms with Gasteiger partial charge in [-0.1, -0.05) is 0 Å².